The Hall–Kier alpha value is -1.87. The van der Waals surface area contributed by atoms with E-state index in [1.807, 2.05) is 0 Å². The second-order valence-electron chi connectivity index (χ2n) is 3.97. The molecule has 1 atom stereocenters. The van der Waals surface area contributed by atoms with Crippen molar-refractivity contribution in [2.45, 2.75) is 12.2 Å². The topological polar surface area (TPSA) is 84.6 Å². The molecule has 0 spiro atoms. The average molecular weight is 294 g/mol. The van der Waals surface area contributed by atoms with Gasteiger partial charge < -0.3 is 15.2 Å². The number of hydrogen-bond acceptors (Lipinski definition) is 5. The number of nitro groups is 1. The van der Waals surface area contributed by atoms with Crippen molar-refractivity contribution in [2.24, 2.45) is 0 Å². The molecule has 1 aromatic carbocycles. The summed E-state index contributed by atoms with van der Waals surface area (Å²) >= 11 is 0. The zero-order valence-corrected chi connectivity index (χ0v) is 10.5. The van der Waals surface area contributed by atoms with Crippen molar-refractivity contribution < 1.29 is 27.9 Å². The van der Waals surface area contributed by atoms with Crippen LogP contribution in [0, 0.1) is 10.1 Å². The lowest BCUT2D eigenvalue weighted by atomic mass is 10.1. The van der Waals surface area contributed by atoms with Gasteiger partial charge in [0.2, 0.25) is 0 Å². The second-order valence-corrected chi connectivity index (χ2v) is 3.97. The Morgan fingerprint density at radius 1 is 1.50 bits per heavy atom. The van der Waals surface area contributed by atoms with Gasteiger partial charge in [0.05, 0.1) is 24.2 Å². The van der Waals surface area contributed by atoms with Crippen LogP contribution in [0.15, 0.2) is 18.2 Å². The Balaban J connectivity index is 3.10. The summed E-state index contributed by atoms with van der Waals surface area (Å²) in [6.45, 7) is -0.277. The molecule has 0 fully saturated rings. The number of nitrogens with zero attached hydrogens (tertiary/aromatic N) is 1. The van der Waals surface area contributed by atoms with E-state index in [2.05, 4.69) is 5.32 Å². The van der Waals surface area contributed by atoms with Crippen molar-refractivity contribution >= 4 is 11.4 Å². The minimum Gasteiger partial charge on any atom is -0.394 e. The molecule has 1 rings (SSSR count). The van der Waals surface area contributed by atoms with Crippen molar-refractivity contribution in [1.82, 2.24) is 0 Å². The highest BCUT2D eigenvalue weighted by molar-refractivity contribution is 5.55. The maximum Gasteiger partial charge on any atom is 0.423 e. The summed E-state index contributed by atoms with van der Waals surface area (Å²) < 4.78 is 43.0. The third-order valence-corrected chi connectivity index (χ3v) is 2.46. The number of nitro benzene ring substituents is 1. The summed E-state index contributed by atoms with van der Waals surface area (Å²) in [4.78, 5) is 9.49. The first-order valence-corrected chi connectivity index (χ1v) is 5.51. The summed E-state index contributed by atoms with van der Waals surface area (Å²) in [6.07, 6.45) is -4.84. The van der Waals surface area contributed by atoms with Crippen molar-refractivity contribution in [3.63, 3.8) is 0 Å². The fourth-order valence-electron chi connectivity index (χ4n) is 1.59. The number of benzene rings is 1. The molecule has 20 heavy (non-hydrogen) atoms. The molecule has 1 unspecified atom stereocenters. The molecule has 112 valence electrons. The van der Waals surface area contributed by atoms with Crippen LogP contribution in [0.3, 0.4) is 0 Å². The first-order chi connectivity index (χ1) is 9.29. The summed E-state index contributed by atoms with van der Waals surface area (Å²) in [7, 11) is 1.38. The average Bonchev–Trinajstić information content (AvgIpc) is 2.36. The Morgan fingerprint density at radius 3 is 2.60 bits per heavy atom. The van der Waals surface area contributed by atoms with Gasteiger partial charge in [0.1, 0.15) is 5.56 Å². The third-order valence-electron chi connectivity index (χ3n) is 2.46. The van der Waals surface area contributed by atoms with Crippen molar-refractivity contribution in [2.75, 3.05) is 25.6 Å². The molecule has 0 bridgehead atoms. The predicted molar refractivity (Wildman–Crippen MR) is 64.5 cm³/mol. The lowest BCUT2D eigenvalue weighted by molar-refractivity contribution is -0.388. The van der Waals surface area contributed by atoms with E-state index in [0.29, 0.717) is 6.07 Å². The largest absolute Gasteiger partial charge is 0.423 e. The smallest absolute Gasteiger partial charge is 0.394 e. The number of halogens is 3. The molecule has 2 N–H and O–H groups in total. The van der Waals surface area contributed by atoms with E-state index in [9.17, 15) is 23.3 Å². The molecule has 0 amide bonds. The van der Waals surface area contributed by atoms with Crippen LogP contribution in [-0.4, -0.2) is 36.4 Å². The maximum atomic E-state index is 12.7. The van der Waals surface area contributed by atoms with Gasteiger partial charge in [0, 0.05) is 18.9 Å². The number of aliphatic hydroxyl groups excluding tert-OH is 1. The molecule has 0 aromatic heterocycles. The van der Waals surface area contributed by atoms with Crippen LogP contribution < -0.4 is 5.32 Å². The van der Waals surface area contributed by atoms with Crippen LogP contribution in [0.5, 0.6) is 0 Å². The van der Waals surface area contributed by atoms with Gasteiger partial charge in [0.15, 0.2) is 0 Å². The quantitative estimate of drug-likeness (QED) is 0.619. The molecule has 0 aliphatic carbocycles. The zero-order chi connectivity index (χ0) is 15.3. The monoisotopic (exact) mass is 294 g/mol. The van der Waals surface area contributed by atoms with Crippen molar-refractivity contribution in [1.29, 1.82) is 0 Å². The Bertz CT molecular complexity index is 479. The van der Waals surface area contributed by atoms with E-state index in [1.54, 1.807) is 0 Å². The van der Waals surface area contributed by atoms with Gasteiger partial charge in [-0.3, -0.25) is 10.1 Å². The number of hydrogen-bond donors (Lipinski definition) is 2. The summed E-state index contributed by atoms with van der Waals surface area (Å²) in [5, 5.41) is 22.2. The lowest BCUT2D eigenvalue weighted by Gasteiger charge is -2.17. The van der Waals surface area contributed by atoms with Gasteiger partial charge in [-0.25, -0.2) is 0 Å². The highest BCUT2D eigenvalue weighted by Crippen LogP contribution is 2.37. The highest BCUT2D eigenvalue weighted by atomic mass is 19.4. The molecular formula is C11H13F3N2O4. The van der Waals surface area contributed by atoms with Gasteiger partial charge >= 0.3 is 6.18 Å². The molecule has 0 radical (unpaired) electrons. The number of aliphatic hydroxyl groups is 1. The number of anilines is 1. The zero-order valence-electron chi connectivity index (χ0n) is 10.5. The Morgan fingerprint density at radius 2 is 2.15 bits per heavy atom. The normalized spacial score (nSPS) is 13.1. The van der Waals surface area contributed by atoms with Gasteiger partial charge in [-0.1, -0.05) is 0 Å². The van der Waals surface area contributed by atoms with Crippen LogP contribution in [-0.2, 0) is 10.9 Å². The van der Waals surface area contributed by atoms with Gasteiger partial charge in [0.25, 0.3) is 5.69 Å². The molecule has 0 saturated carbocycles. The molecule has 0 saturated heterocycles. The van der Waals surface area contributed by atoms with Crippen LogP contribution >= 0.6 is 0 Å². The first-order valence-electron chi connectivity index (χ1n) is 5.51. The van der Waals surface area contributed by atoms with Gasteiger partial charge in [-0.05, 0) is 12.1 Å². The SMILES string of the molecule is COCC(CO)Nc1ccc([N+](=O)[O-])c(C(F)(F)F)c1. The number of nitrogens with one attached hydrogen (secondary N) is 1. The molecule has 9 heteroatoms. The summed E-state index contributed by atoms with van der Waals surface area (Å²) in [5.41, 5.74) is -2.35. The summed E-state index contributed by atoms with van der Waals surface area (Å²) in [6, 6.07) is 1.94. The van der Waals surface area contributed by atoms with Crippen LogP contribution in [0.25, 0.3) is 0 Å². The van der Waals surface area contributed by atoms with Gasteiger partial charge in [-0.2, -0.15) is 13.2 Å². The number of ether oxygens (including phenoxy) is 1. The predicted octanol–water partition coefficient (Wildman–Crippen LogP) is 2.03. The number of alkyl halides is 3. The van der Waals surface area contributed by atoms with E-state index in [-0.39, 0.29) is 18.9 Å². The van der Waals surface area contributed by atoms with E-state index in [1.165, 1.54) is 7.11 Å². The van der Waals surface area contributed by atoms with Crippen LogP contribution in [0.1, 0.15) is 5.56 Å². The Kier molecular flexibility index (Phi) is 5.28. The first kappa shape index (κ1) is 16.2. The maximum absolute atomic E-state index is 12.7. The third kappa shape index (κ3) is 4.07. The molecular weight excluding hydrogens is 281 g/mol. The van der Waals surface area contributed by atoms with Gasteiger partial charge in [-0.15, -0.1) is 0 Å². The van der Waals surface area contributed by atoms with Crippen LogP contribution in [0.4, 0.5) is 24.5 Å². The number of methoxy groups -OCH3 is 1. The van der Waals surface area contributed by atoms with Crippen molar-refractivity contribution in [3.05, 3.63) is 33.9 Å². The molecule has 0 aliphatic heterocycles. The van der Waals surface area contributed by atoms with E-state index in [0.717, 1.165) is 12.1 Å². The fraction of sp³-hybridized carbons (Fsp3) is 0.455. The second kappa shape index (κ2) is 6.53. The minimum absolute atomic E-state index is 0.0130. The number of rotatable bonds is 6. The minimum atomic E-state index is -4.84. The van der Waals surface area contributed by atoms with E-state index < -0.39 is 28.4 Å². The van der Waals surface area contributed by atoms with Crippen molar-refractivity contribution in [3.8, 4) is 0 Å². The molecule has 0 aliphatic rings. The summed E-state index contributed by atoms with van der Waals surface area (Å²) in [5.74, 6) is 0. The standard InChI is InChI=1S/C11H13F3N2O4/c1-20-6-8(5-17)15-7-2-3-10(16(18)19)9(4-7)11(12,13)14/h2-4,8,15,17H,5-6H2,1H3. The Labute approximate surface area is 112 Å². The van der Waals surface area contributed by atoms with E-state index >= 15 is 0 Å². The molecule has 0 heterocycles. The molecule has 1 aromatic rings. The van der Waals surface area contributed by atoms with Crippen LogP contribution in [0.2, 0.25) is 0 Å². The fourth-order valence-corrected chi connectivity index (χ4v) is 1.59. The lowest BCUT2D eigenvalue weighted by Crippen LogP contribution is -2.28. The van der Waals surface area contributed by atoms with E-state index in [4.69, 9.17) is 9.84 Å². The highest BCUT2D eigenvalue weighted by Gasteiger charge is 2.38. The molecule has 6 nitrogen and oxygen atoms in total.